The standard InChI is InChI=1S/C16H19FN2/c1-3-12-4-6-13(7-5-12)11-19(2)16-9-14(17)8-15(18)10-16/h4-10H,3,11,18H2,1-2H3. The maximum Gasteiger partial charge on any atom is 0.127 e. The van der Waals surface area contributed by atoms with Gasteiger partial charge in [-0.3, -0.25) is 0 Å². The van der Waals surface area contributed by atoms with Gasteiger partial charge in [0.05, 0.1) is 0 Å². The Kier molecular flexibility index (Phi) is 4.05. The molecule has 0 aliphatic rings. The highest BCUT2D eigenvalue weighted by Gasteiger charge is 2.05. The quantitative estimate of drug-likeness (QED) is 0.849. The van der Waals surface area contributed by atoms with Crippen LogP contribution in [-0.4, -0.2) is 7.05 Å². The molecule has 0 amide bonds. The predicted octanol–water partition coefficient (Wildman–Crippen LogP) is 3.61. The van der Waals surface area contributed by atoms with Crippen molar-refractivity contribution < 1.29 is 4.39 Å². The molecule has 2 N–H and O–H groups in total. The lowest BCUT2D eigenvalue weighted by Gasteiger charge is -2.20. The second kappa shape index (κ2) is 5.74. The van der Waals surface area contributed by atoms with Crippen molar-refractivity contribution >= 4 is 11.4 Å². The number of anilines is 2. The first-order valence-corrected chi connectivity index (χ1v) is 6.43. The molecular weight excluding hydrogens is 239 g/mol. The van der Waals surface area contributed by atoms with Crippen LogP contribution in [0, 0.1) is 5.82 Å². The van der Waals surface area contributed by atoms with E-state index in [1.54, 1.807) is 6.07 Å². The highest BCUT2D eigenvalue weighted by Crippen LogP contribution is 2.20. The molecule has 2 aromatic carbocycles. The van der Waals surface area contributed by atoms with Gasteiger partial charge >= 0.3 is 0 Å². The molecule has 2 nitrogen and oxygen atoms in total. The van der Waals surface area contributed by atoms with Gasteiger partial charge in [0, 0.05) is 25.0 Å². The zero-order valence-electron chi connectivity index (χ0n) is 11.4. The molecule has 0 aliphatic heterocycles. The molecule has 100 valence electrons. The van der Waals surface area contributed by atoms with E-state index in [0.29, 0.717) is 5.69 Å². The summed E-state index contributed by atoms with van der Waals surface area (Å²) in [6.45, 7) is 2.86. The monoisotopic (exact) mass is 258 g/mol. The van der Waals surface area contributed by atoms with E-state index < -0.39 is 0 Å². The molecule has 2 aromatic rings. The first kappa shape index (κ1) is 13.4. The lowest BCUT2D eigenvalue weighted by molar-refractivity contribution is 0.628. The summed E-state index contributed by atoms with van der Waals surface area (Å²) in [6.07, 6.45) is 1.04. The number of nitrogen functional groups attached to an aromatic ring is 1. The van der Waals surface area contributed by atoms with Crippen LogP contribution in [0.5, 0.6) is 0 Å². The molecule has 0 saturated heterocycles. The fraction of sp³-hybridized carbons (Fsp3) is 0.250. The predicted molar refractivity (Wildman–Crippen MR) is 78.7 cm³/mol. The molecule has 0 bridgehead atoms. The molecule has 0 unspecified atom stereocenters. The topological polar surface area (TPSA) is 29.3 Å². The van der Waals surface area contributed by atoms with E-state index in [0.717, 1.165) is 18.7 Å². The zero-order chi connectivity index (χ0) is 13.8. The van der Waals surface area contributed by atoms with Crippen LogP contribution in [0.15, 0.2) is 42.5 Å². The molecule has 0 saturated carbocycles. The number of hydrogen-bond acceptors (Lipinski definition) is 2. The van der Waals surface area contributed by atoms with Crippen molar-refractivity contribution in [2.45, 2.75) is 19.9 Å². The number of nitrogens with two attached hydrogens (primary N) is 1. The minimum atomic E-state index is -0.303. The average molecular weight is 258 g/mol. The Morgan fingerprint density at radius 1 is 1.05 bits per heavy atom. The van der Waals surface area contributed by atoms with Crippen molar-refractivity contribution in [3.05, 3.63) is 59.4 Å². The minimum Gasteiger partial charge on any atom is -0.399 e. The maximum absolute atomic E-state index is 13.3. The Balaban J connectivity index is 2.13. The first-order valence-electron chi connectivity index (χ1n) is 6.43. The Morgan fingerprint density at radius 3 is 2.26 bits per heavy atom. The maximum atomic E-state index is 13.3. The summed E-state index contributed by atoms with van der Waals surface area (Å²) in [7, 11) is 1.93. The molecule has 0 atom stereocenters. The van der Waals surface area contributed by atoms with Crippen LogP contribution in [0.4, 0.5) is 15.8 Å². The van der Waals surface area contributed by atoms with Gasteiger partial charge in [0.2, 0.25) is 0 Å². The first-order chi connectivity index (χ1) is 9.08. The highest BCUT2D eigenvalue weighted by molar-refractivity contribution is 5.56. The summed E-state index contributed by atoms with van der Waals surface area (Å²) in [5, 5.41) is 0. The Bertz CT molecular complexity index is 529. The number of rotatable bonds is 4. The van der Waals surface area contributed by atoms with Crippen molar-refractivity contribution in [2.24, 2.45) is 0 Å². The van der Waals surface area contributed by atoms with Crippen LogP contribution in [0.3, 0.4) is 0 Å². The molecule has 3 heteroatoms. The van der Waals surface area contributed by atoms with Gasteiger partial charge in [0.25, 0.3) is 0 Å². The van der Waals surface area contributed by atoms with Crippen LogP contribution in [0.1, 0.15) is 18.1 Å². The van der Waals surface area contributed by atoms with Crippen molar-refractivity contribution in [1.82, 2.24) is 0 Å². The van der Waals surface area contributed by atoms with Crippen molar-refractivity contribution in [2.75, 3.05) is 17.7 Å². The van der Waals surface area contributed by atoms with Crippen LogP contribution in [-0.2, 0) is 13.0 Å². The lowest BCUT2D eigenvalue weighted by Crippen LogP contribution is -2.16. The third-order valence-corrected chi connectivity index (χ3v) is 3.20. The van der Waals surface area contributed by atoms with E-state index >= 15 is 0 Å². The van der Waals surface area contributed by atoms with Crippen LogP contribution < -0.4 is 10.6 Å². The molecule has 2 rings (SSSR count). The van der Waals surface area contributed by atoms with Gasteiger partial charge in [-0.15, -0.1) is 0 Å². The molecule has 0 aliphatic carbocycles. The fourth-order valence-electron chi connectivity index (χ4n) is 2.06. The largest absolute Gasteiger partial charge is 0.399 e. The lowest BCUT2D eigenvalue weighted by atomic mass is 10.1. The Morgan fingerprint density at radius 2 is 1.68 bits per heavy atom. The van der Waals surface area contributed by atoms with E-state index in [9.17, 15) is 4.39 Å². The zero-order valence-corrected chi connectivity index (χ0v) is 11.4. The molecule has 0 radical (unpaired) electrons. The van der Waals surface area contributed by atoms with E-state index in [4.69, 9.17) is 5.73 Å². The second-order valence-corrected chi connectivity index (χ2v) is 4.77. The summed E-state index contributed by atoms with van der Waals surface area (Å²) in [5.41, 5.74) is 9.42. The minimum absolute atomic E-state index is 0.303. The number of nitrogens with zero attached hydrogens (tertiary/aromatic N) is 1. The van der Waals surface area contributed by atoms with Gasteiger partial charge in [0.15, 0.2) is 0 Å². The number of aryl methyl sites for hydroxylation is 1. The number of hydrogen-bond donors (Lipinski definition) is 1. The van der Waals surface area contributed by atoms with Crippen molar-refractivity contribution in [1.29, 1.82) is 0 Å². The van der Waals surface area contributed by atoms with Crippen LogP contribution in [0.2, 0.25) is 0 Å². The van der Waals surface area contributed by atoms with E-state index in [-0.39, 0.29) is 5.82 Å². The summed E-state index contributed by atoms with van der Waals surface area (Å²) >= 11 is 0. The highest BCUT2D eigenvalue weighted by atomic mass is 19.1. The Labute approximate surface area is 113 Å². The summed E-state index contributed by atoms with van der Waals surface area (Å²) in [4.78, 5) is 1.99. The summed E-state index contributed by atoms with van der Waals surface area (Å²) in [6, 6.07) is 13.1. The van der Waals surface area contributed by atoms with Gasteiger partial charge in [-0.1, -0.05) is 31.2 Å². The SMILES string of the molecule is CCc1ccc(CN(C)c2cc(N)cc(F)c2)cc1. The van der Waals surface area contributed by atoms with Crippen molar-refractivity contribution in [3.63, 3.8) is 0 Å². The second-order valence-electron chi connectivity index (χ2n) is 4.77. The molecular formula is C16H19FN2. The van der Waals surface area contributed by atoms with Gasteiger partial charge in [-0.05, 0) is 35.7 Å². The number of benzene rings is 2. The van der Waals surface area contributed by atoms with Gasteiger partial charge < -0.3 is 10.6 Å². The van der Waals surface area contributed by atoms with Crippen molar-refractivity contribution in [3.8, 4) is 0 Å². The van der Waals surface area contributed by atoms with Gasteiger partial charge in [-0.25, -0.2) is 4.39 Å². The normalized spacial score (nSPS) is 10.5. The average Bonchev–Trinajstić information content (AvgIpc) is 2.38. The van der Waals surface area contributed by atoms with Gasteiger partial charge in [0.1, 0.15) is 5.82 Å². The Hall–Kier alpha value is -2.03. The third-order valence-electron chi connectivity index (χ3n) is 3.20. The molecule has 0 spiro atoms. The summed E-state index contributed by atoms with van der Waals surface area (Å²) < 4.78 is 13.3. The van der Waals surface area contributed by atoms with Crippen LogP contribution in [0.25, 0.3) is 0 Å². The molecule has 0 heterocycles. The number of halogens is 1. The fourth-order valence-corrected chi connectivity index (χ4v) is 2.06. The molecule has 0 fully saturated rings. The van der Waals surface area contributed by atoms with Crippen LogP contribution >= 0.6 is 0 Å². The van der Waals surface area contributed by atoms with E-state index in [1.165, 1.54) is 23.3 Å². The third kappa shape index (κ3) is 3.47. The smallest absolute Gasteiger partial charge is 0.127 e. The van der Waals surface area contributed by atoms with Gasteiger partial charge in [-0.2, -0.15) is 0 Å². The molecule has 19 heavy (non-hydrogen) atoms. The van der Waals surface area contributed by atoms with E-state index in [2.05, 4.69) is 31.2 Å². The molecule has 0 aromatic heterocycles. The summed E-state index contributed by atoms with van der Waals surface area (Å²) in [5.74, 6) is -0.303. The van der Waals surface area contributed by atoms with E-state index in [1.807, 2.05) is 11.9 Å².